The van der Waals surface area contributed by atoms with Crippen LogP contribution in [0.4, 0.5) is 0 Å². The number of hydrogen-bond acceptors (Lipinski definition) is 5. The highest BCUT2D eigenvalue weighted by Gasteiger charge is 2.22. The van der Waals surface area contributed by atoms with Crippen molar-refractivity contribution < 1.29 is 0 Å². The Morgan fingerprint density at radius 2 is 1.95 bits per heavy atom. The first-order chi connectivity index (χ1) is 9.88. The van der Waals surface area contributed by atoms with Crippen molar-refractivity contribution in [3.63, 3.8) is 0 Å². The van der Waals surface area contributed by atoms with Crippen molar-refractivity contribution in [2.75, 3.05) is 6.54 Å². The van der Waals surface area contributed by atoms with Gasteiger partial charge in [-0.25, -0.2) is 0 Å². The van der Waals surface area contributed by atoms with E-state index < -0.39 is 0 Å². The van der Waals surface area contributed by atoms with Gasteiger partial charge in [0.25, 0.3) is 0 Å². The quantitative estimate of drug-likeness (QED) is 0.831. The second kappa shape index (κ2) is 6.63. The van der Waals surface area contributed by atoms with Gasteiger partial charge in [0, 0.05) is 12.3 Å². The molecule has 110 valence electrons. The maximum atomic E-state index is 5.52. The van der Waals surface area contributed by atoms with Crippen LogP contribution in [0.15, 0.2) is 0 Å². The molecule has 2 N–H and O–H groups in total. The largest absolute Gasteiger partial charge is 0.330 e. The molecule has 0 aromatic carbocycles. The zero-order valence-corrected chi connectivity index (χ0v) is 12.7. The first-order valence-corrected chi connectivity index (χ1v) is 8.61. The second-order valence-corrected chi connectivity index (χ2v) is 6.72. The van der Waals surface area contributed by atoms with Crippen LogP contribution in [0, 0.1) is 0 Å². The molecule has 0 aliphatic heterocycles. The zero-order chi connectivity index (χ0) is 13.8. The minimum Gasteiger partial charge on any atom is -0.330 e. The van der Waals surface area contributed by atoms with Gasteiger partial charge in [-0.1, -0.05) is 37.0 Å². The number of fused-ring (bicyclic) bond motifs is 1. The Labute approximate surface area is 123 Å². The molecule has 0 amide bonds. The van der Waals surface area contributed by atoms with Crippen LogP contribution in [0.2, 0.25) is 0 Å². The summed E-state index contributed by atoms with van der Waals surface area (Å²) in [6, 6.07) is 0. The molecule has 6 heteroatoms. The van der Waals surface area contributed by atoms with Gasteiger partial charge < -0.3 is 5.73 Å². The summed E-state index contributed by atoms with van der Waals surface area (Å²) in [5.41, 5.74) is 5.52. The van der Waals surface area contributed by atoms with E-state index in [4.69, 9.17) is 10.8 Å². The monoisotopic (exact) mass is 293 g/mol. The number of nitrogens with two attached hydrogens (primary N) is 1. The summed E-state index contributed by atoms with van der Waals surface area (Å²) < 4.78 is 2.00. The Kier molecular flexibility index (Phi) is 4.62. The lowest BCUT2D eigenvalue weighted by Crippen LogP contribution is -2.09. The number of hydrogen-bond donors (Lipinski definition) is 1. The third-order valence-corrected chi connectivity index (χ3v) is 5.08. The van der Waals surface area contributed by atoms with Crippen LogP contribution < -0.4 is 5.73 Å². The Bertz CT molecular complexity index is 541. The lowest BCUT2D eigenvalue weighted by Gasteiger charge is -2.18. The van der Waals surface area contributed by atoms with Crippen LogP contribution in [0.3, 0.4) is 0 Å². The molecule has 1 aliphatic rings. The fourth-order valence-electron chi connectivity index (χ4n) is 2.99. The maximum Gasteiger partial charge on any atom is 0.234 e. The van der Waals surface area contributed by atoms with E-state index in [-0.39, 0.29) is 0 Å². The van der Waals surface area contributed by atoms with Gasteiger partial charge in [-0.2, -0.15) is 9.61 Å². The summed E-state index contributed by atoms with van der Waals surface area (Å²) in [6.07, 6.45) is 11.0. The molecule has 0 spiro atoms. The summed E-state index contributed by atoms with van der Waals surface area (Å²) in [5.74, 6) is 1.65. The van der Waals surface area contributed by atoms with E-state index in [0.29, 0.717) is 5.92 Å². The molecule has 0 bridgehead atoms. The van der Waals surface area contributed by atoms with Crippen LogP contribution in [-0.4, -0.2) is 26.4 Å². The van der Waals surface area contributed by atoms with Gasteiger partial charge in [-0.3, -0.25) is 0 Å². The van der Waals surface area contributed by atoms with E-state index in [0.717, 1.165) is 30.2 Å². The summed E-state index contributed by atoms with van der Waals surface area (Å²) >= 11 is 1.69. The number of nitrogens with zero attached hydrogens (tertiary/aromatic N) is 4. The summed E-state index contributed by atoms with van der Waals surface area (Å²) in [4.78, 5) is 0.958. The fourth-order valence-corrected chi connectivity index (χ4v) is 3.87. The molecule has 1 fully saturated rings. The van der Waals surface area contributed by atoms with Crippen molar-refractivity contribution in [2.24, 2.45) is 5.73 Å². The molecule has 1 aliphatic carbocycles. The van der Waals surface area contributed by atoms with Crippen molar-refractivity contribution in [1.82, 2.24) is 19.8 Å². The Balaban J connectivity index is 1.69. The van der Waals surface area contributed by atoms with Crippen LogP contribution in [0.25, 0.3) is 4.96 Å². The molecule has 0 radical (unpaired) electrons. The predicted octanol–water partition coefficient (Wildman–Crippen LogP) is 2.91. The average molecular weight is 293 g/mol. The normalized spacial score (nSPS) is 17.1. The molecule has 2 aromatic heterocycles. The number of aromatic nitrogens is 4. The highest BCUT2D eigenvalue weighted by molar-refractivity contribution is 7.16. The van der Waals surface area contributed by atoms with Gasteiger partial charge in [0.2, 0.25) is 4.96 Å². The van der Waals surface area contributed by atoms with E-state index in [1.54, 1.807) is 11.3 Å². The van der Waals surface area contributed by atoms with Crippen molar-refractivity contribution in [3.8, 4) is 0 Å². The second-order valence-electron chi connectivity index (χ2n) is 5.68. The van der Waals surface area contributed by atoms with Crippen LogP contribution in [-0.2, 0) is 6.42 Å². The average Bonchev–Trinajstić information content (AvgIpc) is 3.04. The van der Waals surface area contributed by atoms with Crippen molar-refractivity contribution in [1.29, 1.82) is 0 Å². The SMILES string of the molecule is NCCCCCc1nn2c(C3CCCCC3)nnc2s1. The van der Waals surface area contributed by atoms with Crippen molar-refractivity contribution >= 4 is 16.3 Å². The fraction of sp³-hybridized carbons (Fsp3) is 0.786. The molecular formula is C14H23N5S. The summed E-state index contributed by atoms with van der Waals surface area (Å²) in [7, 11) is 0. The van der Waals surface area contributed by atoms with E-state index in [1.165, 1.54) is 50.0 Å². The third-order valence-electron chi connectivity index (χ3n) is 4.12. The van der Waals surface area contributed by atoms with Gasteiger partial charge in [0.05, 0.1) is 0 Å². The van der Waals surface area contributed by atoms with Gasteiger partial charge in [0.15, 0.2) is 5.82 Å². The molecule has 20 heavy (non-hydrogen) atoms. The van der Waals surface area contributed by atoms with E-state index in [2.05, 4.69) is 10.2 Å². The molecule has 0 atom stereocenters. The van der Waals surface area contributed by atoms with Gasteiger partial charge >= 0.3 is 0 Å². The molecule has 5 nitrogen and oxygen atoms in total. The lowest BCUT2D eigenvalue weighted by molar-refractivity contribution is 0.423. The number of unbranched alkanes of at least 4 members (excludes halogenated alkanes) is 2. The minimum atomic E-state index is 0.561. The highest BCUT2D eigenvalue weighted by atomic mass is 32.1. The zero-order valence-electron chi connectivity index (χ0n) is 11.9. The molecule has 0 unspecified atom stereocenters. The third kappa shape index (κ3) is 3.01. The highest BCUT2D eigenvalue weighted by Crippen LogP contribution is 2.32. The van der Waals surface area contributed by atoms with Crippen LogP contribution in [0.1, 0.15) is 68.1 Å². The van der Waals surface area contributed by atoms with Gasteiger partial charge in [-0.15, -0.1) is 10.2 Å². The molecule has 0 saturated heterocycles. The minimum absolute atomic E-state index is 0.561. The summed E-state index contributed by atoms with van der Waals surface area (Å²) in [5, 5.41) is 14.6. The number of aryl methyl sites for hydroxylation is 1. The Hall–Kier alpha value is -1.01. The molecule has 2 heterocycles. The summed E-state index contributed by atoms with van der Waals surface area (Å²) in [6.45, 7) is 0.789. The van der Waals surface area contributed by atoms with E-state index >= 15 is 0 Å². The van der Waals surface area contributed by atoms with Crippen LogP contribution in [0.5, 0.6) is 0 Å². The van der Waals surface area contributed by atoms with Crippen LogP contribution >= 0.6 is 11.3 Å². The first kappa shape index (κ1) is 13.9. The van der Waals surface area contributed by atoms with E-state index in [1.807, 2.05) is 4.52 Å². The molecule has 1 saturated carbocycles. The molecule has 2 aromatic rings. The standard InChI is InChI=1S/C14H23N5S/c15-10-6-2-5-9-12-18-19-13(16-17-14(19)20-12)11-7-3-1-4-8-11/h11H,1-10,15H2. The van der Waals surface area contributed by atoms with Crippen molar-refractivity contribution in [2.45, 2.75) is 63.7 Å². The Morgan fingerprint density at radius 1 is 1.10 bits per heavy atom. The Morgan fingerprint density at radius 3 is 2.75 bits per heavy atom. The predicted molar refractivity (Wildman–Crippen MR) is 81.1 cm³/mol. The van der Waals surface area contributed by atoms with Gasteiger partial charge in [0.1, 0.15) is 5.01 Å². The topological polar surface area (TPSA) is 69.1 Å². The molecular weight excluding hydrogens is 270 g/mol. The van der Waals surface area contributed by atoms with Crippen molar-refractivity contribution in [3.05, 3.63) is 10.8 Å². The van der Waals surface area contributed by atoms with Gasteiger partial charge in [-0.05, 0) is 32.2 Å². The maximum absolute atomic E-state index is 5.52. The number of rotatable bonds is 6. The van der Waals surface area contributed by atoms with E-state index in [9.17, 15) is 0 Å². The lowest BCUT2D eigenvalue weighted by atomic mass is 9.89. The first-order valence-electron chi connectivity index (χ1n) is 7.79. The smallest absolute Gasteiger partial charge is 0.234 e. The molecule has 3 rings (SSSR count).